The van der Waals surface area contributed by atoms with Crippen LogP contribution >= 0.6 is 0 Å². The zero-order valence-corrected chi connectivity index (χ0v) is 2.06. The Kier molecular flexibility index (Phi) is 219. The summed E-state index contributed by atoms with van der Waals surface area (Å²) in [5, 5.41) is 0. The van der Waals surface area contributed by atoms with Gasteiger partial charge in [0.05, 0.1) is 0 Å². The summed E-state index contributed by atoms with van der Waals surface area (Å²) in [7, 11) is 0. The first-order valence-electron chi connectivity index (χ1n) is 0. The maximum atomic E-state index is 0. The van der Waals surface area contributed by atoms with Crippen molar-refractivity contribution in [3.8, 4) is 0 Å². The van der Waals surface area contributed by atoms with E-state index in [-0.39, 0.29) is 109 Å². The van der Waals surface area contributed by atoms with Crippen molar-refractivity contribution < 1.29 is 21.7 Å². The Morgan fingerprint density at radius 3 is 0.800 bits per heavy atom. The summed E-state index contributed by atoms with van der Waals surface area (Å²) in [5.41, 5.74) is 0. The first-order chi connectivity index (χ1) is 0. The Morgan fingerprint density at radius 1 is 0.800 bits per heavy atom. The predicted molar refractivity (Wildman–Crippen MR) is 35.2 cm³/mol. The van der Waals surface area contributed by atoms with Crippen LogP contribution < -0.4 is 0 Å². The van der Waals surface area contributed by atoms with Crippen LogP contribution in [0.1, 0.15) is 7.43 Å². The van der Waals surface area contributed by atoms with Crippen LogP contribution in [0.4, 0.5) is 0 Å². The second-order valence-electron chi connectivity index (χ2n) is 0. The molecule has 0 amide bonds. The minimum Gasteiger partial charge on any atom is 0 e. The zero-order valence-electron chi connectivity index (χ0n) is 0.500. The second kappa shape index (κ2) is 26.8. The molecule has 0 unspecified atom stereocenters. The van der Waals surface area contributed by atoms with Gasteiger partial charge in [0.2, 0.25) is 0 Å². The Balaban J connectivity index is 0. The average Bonchev–Trinajstić information content (AvgIpc) is 0. The largest absolute Gasteiger partial charge is 0 e. The molecule has 0 atom stereocenters. The molecule has 0 bridgehead atoms. The van der Waals surface area contributed by atoms with Crippen molar-refractivity contribution >= 4 is 80.2 Å². The molecule has 0 heterocycles. The molecule has 0 aliphatic carbocycles. The smallest absolute Gasteiger partial charge is 0 e. The third-order valence-electron chi connectivity index (χ3n) is 0. The maximum Gasteiger partial charge on any atom is 0 e. The van der Waals surface area contributed by atoms with E-state index >= 15 is 0 Å². The minimum absolute atomic E-state index is 0. The van der Waals surface area contributed by atoms with Gasteiger partial charge in [-0.1, -0.05) is 7.43 Å². The maximum absolute atomic E-state index is 0. The zero-order chi connectivity index (χ0) is 0. The third kappa shape index (κ3) is 18.9. The van der Waals surface area contributed by atoms with E-state index in [2.05, 4.69) is 0 Å². The molecule has 4 heteroatoms. The van der Waals surface area contributed by atoms with Crippen molar-refractivity contribution in [1.29, 1.82) is 0 Å². The van der Waals surface area contributed by atoms with Crippen molar-refractivity contribution in [1.82, 2.24) is 0 Å². The molecule has 0 fully saturated rings. The fourth-order valence-corrected chi connectivity index (χ4v) is 0. The van der Waals surface area contributed by atoms with Crippen molar-refractivity contribution in [2.75, 3.05) is 0 Å². The van der Waals surface area contributed by atoms with E-state index < -0.39 is 0 Å². The van der Waals surface area contributed by atoms with Gasteiger partial charge in [-0.15, -0.1) is 0 Å². The van der Waals surface area contributed by atoms with Crippen LogP contribution in [0.2, 0.25) is 0 Å². The molecule has 0 rings (SSSR count). The van der Waals surface area contributed by atoms with Crippen molar-refractivity contribution in [3.63, 3.8) is 0 Å². The summed E-state index contributed by atoms with van der Waals surface area (Å²) in [6.07, 6.45) is 0. The average molecular weight is 214 g/mol. The van der Waals surface area contributed by atoms with Gasteiger partial charge in [-0.3, -0.25) is 0 Å². The van der Waals surface area contributed by atoms with Gasteiger partial charge in [-0.2, -0.15) is 0 Å². The van der Waals surface area contributed by atoms with E-state index in [9.17, 15) is 0 Å². The Hall–Kier alpha value is 3.26. The van der Waals surface area contributed by atoms with Gasteiger partial charge in [-0.05, 0) is 0 Å². The Morgan fingerprint density at radius 2 is 0.800 bits per heavy atom. The summed E-state index contributed by atoms with van der Waals surface area (Å²) in [6.45, 7) is 0. The summed E-state index contributed by atoms with van der Waals surface area (Å²) < 4.78 is 0. The van der Waals surface area contributed by atoms with Gasteiger partial charge < -0.3 is 0 Å². The van der Waals surface area contributed by atoms with Crippen LogP contribution in [0.25, 0.3) is 0 Å². The molecule has 0 radical (unpaired) electrons. The number of rotatable bonds is 0. The molecule has 0 N–H and O–H groups in total. The SMILES string of the molecule is C.[AlH3].[AlH3].[SrH2].[Ti]. The summed E-state index contributed by atoms with van der Waals surface area (Å²) in [4.78, 5) is 0. The summed E-state index contributed by atoms with van der Waals surface area (Å²) >= 11 is 0. The molecule has 0 aromatic heterocycles. The molecule has 0 aliphatic rings. The molecule has 0 aromatic carbocycles. The molecule has 0 spiro atoms. The fraction of sp³-hybridized carbons (Fsp3) is 1.00. The normalized spacial score (nSPS) is 0. The minimum atomic E-state index is 0. The van der Waals surface area contributed by atoms with Gasteiger partial charge in [0, 0.05) is 21.7 Å². The van der Waals surface area contributed by atoms with E-state index in [0.29, 0.717) is 0 Å². The van der Waals surface area contributed by atoms with E-state index in [1.807, 2.05) is 0 Å². The quantitative estimate of drug-likeness (QED) is 0.386. The van der Waals surface area contributed by atoms with Crippen LogP contribution in [0.3, 0.4) is 0 Å². The number of hydrogen-bond donors (Lipinski definition) is 0. The van der Waals surface area contributed by atoms with Crippen LogP contribution in [-0.4, -0.2) is 80.2 Å². The molecule has 28 valence electrons. The topological polar surface area (TPSA) is 0 Å². The van der Waals surface area contributed by atoms with Crippen LogP contribution in [0.15, 0.2) is 0 Å². The Bertz CT molecular complexity index is 9.61. The predicted octanol–water partition coefficient (Wildman–Crippen LogP) is -2.65. The van der Waals surface area contributed by atoms with Crippen LogP contribution in [-0.2, 0) is 21.7 Å². The monoisotopic (exact) mass is 214 g/mol. The van der Waals surface area contributed by atoms with E-state index in [0.717, 1.165) is 0 Å². The van der Waals surface area contributed by atoms with Crippen molar-refractivity contribution in [2.24, 2.45) is 0 Å². The van der Waals surface area contributed by atoms with Crippen molar-refractivity contribution in [2.45, 2.75) is 7.43 Å². The van der Waals surface area contributed by atoms with Crippen LogP contribution in [0.5, 0.6) is 0 Å². The van der Waals surface area contributed by atoms with Crippen LogP contribution in [0, 0.1) is 0 Å². The molecule has 0 nitrogen and oxygen atoms in total. The second-order valence-corrected chi connectivity index (χ2v) is 0. The molecule has 0 saturated heterocycles. The van der Waals surface area contributed by atoms with Gasteiger partial charge in [0.15, 0.2) is 34.7 Å². The summed E-state index contributed by atoms with van der Waals surface area (Å²) in [5.74, 6) is 0. The van der Waals surface area contributed by atoms with Gasteiger partial charge >= 0.3 is 45.5 Å². The number of hydrogen-bond acceptors (Lipinski definition) is 0. The molecule has 0 aliphatic heterocycles. The van der Waals surface area contributed by atoms with E-state index in [1.54, 1.807) is 0 Å². The van der Waals surface area contributed by atoms with Gasteiger partial charge in [-0.25, -0.2) is 0 Å². The van der Waals surface area contributed by atoms with Crippen molar-refractivity contribution in [3.05, 3.63) is 0 Å². The molecule has 5 heavy (non-hydrogen) atoms. The molecular weight excluding hydrogens is 201 g/mol. The van der Waals surface area contributed by atoms with Gasteiger partial charge in [0.1, 0.15) is 0 Å². The fourth-order valence-electron chi connectivity index (χ4n) is 0. The van der Waals surface area contributed by atoms with Gasteiger partial charge in [0.25, 0.3) is 0 Å². The van der Waals surface area contributed by atoms with E-state index in [4.69, 9.17) is 0 Å². The molecule has 0 saturated carbocycles. The third-order valence-corrected chi connectivity index (χ3v) is 0. The summed E-state index contributed by atoms with van der Waals surface area (Å²) in [6, 6.07) is 0. The molecule has 0 aromatic rings. The Labute approximate surface area is 107 Å². The standard InChI is InChI=1S/CH4.2Al.Sr.Ti.8H/h1H4;;;;;;;;;;;;. The first-order valence-corrected chi connectivity index (χ1v) is 0. The molecular formula is CH12Al2SrTi. The van der Waals surface area contributed by atoms with E-state index in [1.165, 1.54) is 0 Å². The first kappa shape index (κ1) is 41.0.